The Kier molecular flexibility index (Phi) is 8.19. The molecule has 1 aliphatic rings. The Hall–Kier alpha value is -3.90. The minimum absolute atomic E-state index is 0.143. The molecular weight excluding hydrogens is 495 g/mol. The fourth-order valence-corrected chi connectivity index (χ4v) is 6.35. The predicted octanol–water partition coefficient (Wildman–Crippen LogP) is 6.42. The lowest BCUT2D eigenvalue weighted by Crippen LogP contribution is -2.48. The van der Waals surface area contributed by atoms with E-state index in [0.717, 1.165) is 12.0 Å². The van der Waals surface area contributed by atoms with Gasteiger partial charge in [0.25, 0.3) is 5.91 Å². The van der Waals surface area contributed by atoms with Crippen LogP contribution in [0.3, 0.4) is 0 Å². The van der Waals surface area contributed by atoms with Crippen LogP contribution in [-0.4, -0.2) is 35.1 Å². The number of hydrogen-bond donors (Lipinski definition) is 1. The first-order chi connectivity index (χ1) is 18.6. The van der Waals surface area contributed by atoms with E-state index in [1.807, 2.05) is 54.6 Å². The van der Waals surface area contributed by atoms with Crippen molar-refractivity contribution in [3.8, 4) is 0 Å². The molecular formula is C32H29FN2O2S. The van der Waals surface area contributed by atoms with Crippen molar-refractivity contribution >= 4 is 23.6 Å². The SMILES string of the molecule is O=C(NCCC(c1ccccc1)c1ccccc1)C1CSC(c2ccc(F)cc2)N1C(=O)c1ccccc1. The second-order valence-corrected chi connectivity index (χ2v) is 10.4. The van der Waals surface area contributed by atoms with Gasteiger partial charge in [-0.3, -0.25) is 9.59 Å². The van der Waals surface area contributed by atoms with Gasteiger partial charge in [-0.2, -0.15) is 0 Å². The van der Waals surface area contributed by atoms with Gasteiger partial charge in [0.15, 0.2) is 0 Å². The zero-order valence-corrected chi connectivity index (χ0v) is 21.7. The monoisotopic (exact) mass is 524 g/mol. The van der Waals surface area contributed by atoms with Gasteiger partial charge in [0.05, 0.1) is 0 Å². The van der Waals surface area contributed by atoms with Crippen LogP contribution in [0.1, 0.15) is 44.8 Å². The largest absolute Gasteiger partial charge is 0.354 e. The van der Waals surface area contributed by atoms with Gasteiger partial charge in [-0.05, 0) is 47.4 Å². The highest BCUT2D eigenvalue weighted by Gasteiger charge is 2.42. The molecule has 0 aromatic heterocycles. The van der Waals surface area contributed by atoms with Crippen LogP contribution in [0.4, 0.5) is 4.39 Å². The number of carbonyl (C=O) groups is 2. The van der Waals surface area contributed by atoms with Gasteiger partial charge >= 0.3 is 0 Å². The second-order valence-electron chi connectivity index (χ2n) is 9.29. The van der Waals surface area contributed by atoms with Crippen LogP contribution >= 0.6 is 11.8 Å². The first kappa shape index (κ1) is 25.7. The molecule has 1 aliphatic heterocycles. The highest BCUT2D eigenvalue weighted by Crippen LogP contribution is 2.42. The van der Waals surface area contributed by atoms with Crippen LogP contribution in [0.5, 0.6) is 0 Å². The highest BCUT2D eigenvalue weighted by atomic mass is 32.2. The number of thioether (sulfide) groups is 1. The zero-order chi connectivity index (χ0) is 26.3. The predicted molar refractivity (Wildman–Crippen MR) is 150 cm³/mol. The first-order valence-corrected chi connectivity index (χ1v) is 13.8. The molecule has 1 heterocycles. The molecule has 4 nitrogen and oxygen atoms in total. The summed E-state index contributed by atoms with van der Waals surface area (Å²) in [5.41, 5.74) is 3.71. The molecule has 1 fully saturated rings. The third kappa shape index (κ3) is 5.81. The van der Waals surface area contributed by atoms with E-state index < -0.39 is 6.04 Å². The number of nitrogens with zero attached hydrogens (tertiary/aromatic N) is 1. The fraction of sp³-hybridized carbons (Fsp3) is 0.188. The number of nitrogens with one attached hydrogen (secondary N) is 1. The Morgan fingerprint density at radius 3 is 1.95 bits per heavy atom. The van der Waals surface area contributed by atoms with Crippen molar-refractivity contribution in [1.82, 2.24) is 10.2 Å². The molecule has 38 heavy (non-hydrogen) atoms. The van der Waals surface area contributed by atoms with Gasteiger partial charge in [0, 0.05) is 23.8 Å². The van der Waals surface area contributed by atoms with Crippen LogP contribution in [0.25, 0.3) is 0 Å². The average Bonchev–Trinajstić information content (AvgIpc) is 3.42. The number of rotatable bonds is 8. The molecule has 192 valence electrons. The van der Waals surface area contributed by atoms with E-state index in [0.29, 0.717) is 17.9 Å². The van der Waals surface area contributed by atoms with Crippen molar-refractivity contribution in [2.75, 3.05) is 12.3 Å². The van der Waals surface area contributed by atoms with E-state index in [1.54, 1.807) is 29.2 Å². The minimum Gasteiger partial charge on any atom is -0.354 e. The summed E-state index contributed by atoms with van der Waals surface area (Å²) in [4.78, 5) is 28.8. The van der Waals surface area contributed by atoms with E-state index in [1.165, 1.54) is 35.0 Å². The fourth-order valence-electron chi connectivity index (χ4n) is 4.92. The van der Waals surface area contributed by atoms with Crippen molar-refractivity contribution in [3.05, 3.63) is 143 Å². The summed E-state index contributed by atoms with van der Waals surface area (Å²) in [6.07, 6.45) is 0.730. The Morgan fingerprint density at radius 2 is 1.37 bits per heavy atom. The number of benzene rings is 4. The summed E-state index contributed by atoms with van der Waals surface area (Å²) >= 11 is 1.52. The maximum Gasteiger partial charge on any atom is 0.255 e. The van der Waals surface area contributed by atoms with E-state index in [9.17, 15) is 14.0 Å². The van der Waals surface area contributed by atoms with Gasteiger partial charge in [0.2, 0.25) is 5.91 Å². The lowest BCUT2D eigenvalue weighted by atomic mass is 9.88. The third-order valence-electron chi connectivity index (χ3n) is 6.85. The molecule has 0 saturated carbocycles. The normalized spacial score (nSPS) is 16.9. The van der Waals surface area contributed by atoms with Crippen LogP contribution in [0.2, 0.25) is 0 Å². The number of amides is 2. The van der Waals surface area contributed by atoms with Crippen molar-refractivity contribution < 1.29 is 14.0 Å². The quantitative estimate of drug-likeness (QED) is 0.289. The van der Waals surface area contributed by atoms with Crippen LogP contribution in [0.15, 0.2) is 115 Å². The Labute approximate surface area is 226 Å². The number of carbonyl (C=O) groups excluding carboxylic acids is 2. The van der Waals surface area contributed by atoms with Crippen LogP contribution < -0.4 is 5.32 Å². The molecule has 0 spiro atoms. The maximum atomic E-state index is 13.6. The van der Waals surface area contributed by atoms with E-state index >= 15 is 0 Å². The Balaban J connectivity index is 1.33. The van der Waals surface area contributed by atoms with Gasteiger partial charge in [-0.15, -0.1) is 11.8 Å². The first-order valence-electron chi connectivity index (χ1n) is 12.7. The smallest absolute Gasteiger partial charge is 0.255 e. The Bertz CT molecular complexity index is 1310. The molecule has 1 saturated heterocycles. The molecule has 0 radical (unpaired) electrons. The third-order valence-corrected chi connectivity index (χ3v) is 8.17. The van der Waals surface area contributed by atoms with Gasteiger partial charge in [-0.25, -0.2) is 4.39 Å². The van der Waals surface area contributed by atoms with E-state index in [2.05, 4.69) is 29.6 Å². The molecule has 6 heteroatoms. The van der Waals surface area contributed by atoms with Crippen molar-refractivity contribution in [1.29, 1.82) is 0 Å². The van der Waals surface area contributed by atoms with Crippen molar-refractivity contribution in [3.63, 3.8) is 0 Å². The van der Waals surface area contributed by atoms with Gasteiger partial charge in [0.1, 0.15) is 17.2 Å². The van der Waals surface area contributed by atoms with Crippen molar-refractivity contribution in [2.24, 2.45) is 0 Å². The molecule has 2 atom stereocenters. The summed E-state index contributed by atoms with van der Waals surface area (Å²) < 4.78 is 13.6. The average molecular weight is 525 g/mol. The van der Waals surface area contributed by atoms with E-state index in [-0.39, 0.29) is 28.9 Å². The topological polar surface area (TPSA) is 49.4 Å². The molecule has 4 aromatic rings. The lowest BCUT2D eigenvalue weighted by molar-refractivity contribution is -0.124. The minimum atomic E-state index is -0.630. The molecule has 2 unspecified atom stereocenters. The summed E-state index contributed by atoms with van der Waals surface area (Å²) in [5, 5.41) is 2.73. The zero-order valence-electron chi connectivity index (χ0n) is 20.9. The lowest BCUT2D eigenvalue weighted by Gasteiger charge is -2.29. The molecule has 1 N–H and O–H groups in total. The molecule has 0 aliphatic carbocycles. The number of halogens is 1. The molecule has 2 amide bonds. The molecule has 5 rings (SSSR count). The van der Waals surface area contributed by atoms with Crippen LogP contribution in [-0.2, 0) is 4.79 Å². The summed E-state index contributed by atoms with van der Waals surface area (Å²) in [6.45, 7) is 0.475. The second kappa shape index (κ2) is 12.1. The number of hydrogen-bond acceptors (Lipinski definition) is 3. The van der Waals surface area contributed by atoms with Gasteiger partial charge < -0.3 is 10.2 Å². The summed E-state index contributed by atoms with van der Waals surface area (Å²) in [5.74, 6) is -0.112. The van der Waals surface area contributed by atoms with Crippen molar-refractivity contribution in [2.45, 2.75) is 23.8 Å². The molecule has 4 aromatic carbocycles. The standard InChI is InChI=1S/C32H29FN2O2S/c33-27-18-16-26(17-19-27)32-35(31(37)25-14-8-3-9-15-25)29(22-38-32)30(36)34-21-20-28(23-10-4-1-5-11-23)24-12-6-2-7-13-24/h1-19,28-29,32H,20-22H2,(H,34,36). The highest BCUT2D eigenvalue weighted by molar-refractivity contribution is 7.99. The summed E-state index contributed by atoms with van der Waals surface area (Å²) in [7, 11) is 0. The maximum absolute atomic E-state index is 13.6. The molecule has 0 bridgehead atoms. The Morgan fingerprint density at radius 1 is 0.816 bits per heavy atom. The van der Waals surface area contributed by atoms with E-state index in [4.69, 9.17) is 0 Å². The summed E-state index contributed by atoms with van der Waals surface area (Å²) in [6, 6.07) is 35.1. The van der Waals surface area contributed by atoms with Crippen LogP contribution in [0, 0.1) is 5.82 Å². The van der Waals surface area contributed by atoms with Gasteiger partial charge in [-0.1, -0.05) is 91.0 Å².